The molecule has 0 aliphatic rings. The zero-order valence-electron chi connectivity index (χ0n) is 18.4. The summed E-state index contributed by atoms with van der Waals surface area (Å²) in [5, 5.41) is 3.68. The van der Waals surface area contributed by atoms with Gasteiger partial charge in [-0.05, 0) is 57.9 Å². The maximum Gasteiger partial charge on any atom is 0.242 e. The molecular formula is C24H31ClN2O2S. The van der Waals surface area contributed by atoms with E-state index in [1.165, 1.54) is 11.8 Å². The number of hydrogen-bond acceptors (Lipinski definition) is 3. The van der Waals surface area contributed by atoms with E-state index in [0.29, 0.717) is 23.1 Å². The topological polar surface area (TPSA) is 49.4 Å². The van der Waals surface area contributed by atoms with E-state index in [2.05, 4.69) is 11.4 Å². The SMILES string of the molecule is Cc1cccc(CN(C(=O)CSCc2ccc(Cl)cc2)[C@H](C)C(=O)NC(C)(C)C)c1. The van der Waals surface area contributed by atoms with Gasteiger partial charge in [-0.25, -0.2) is 0 Å². The molecule has 0 fully saturated rings. The van der Waals surface area contributed by atoms with E-state index in [0.717, 1.165) is 16.7 Å². The second-order valence-corrected chi connectivity index (χ2v) is 9.97. The van der Waals surface area contributed by atoms with Gasteiger partial charge < -0.3 is 10.2 Å². The molecule has 0 aliphatic heterocycles. The maximum atomic E-state index is 13.1. The highest BCUT2D eigenvalue weighted by molar-refractivity contribution is 7.99. The summed E-state index contributed by atoms with van der Waals surface area (Å²) in [5.41, 5.74) is 2.90. The van der Waals surface area contributed by atoms with Crippen molar-refractivity contribution in [1.29, 1.82) is 0 Å². The molecule has 0 bridgehead atoms. The average molecular weight is 447 g/mol. The van der Waals surface area contributed by atoms with Crippen LogP contribution in [0.3, 0.4) is 0 Å². The van der Waals surface area contributed by atoms with Gasteiger partial charge in [0.2, 0.25) is 11.8 Å². The van der Waals surface area contributed by atoms with Gasteiger partial charge in [-0.3, -0.25) is 9.59 Å². The van der Waals surface area contributed by atoms with Crippen LogP contribution in [0.2, 0.25) is 5.02 Å². The van der Waals surface area contributed by atoms with E-state index in [1.54, 1.807) is 11.8 Å². The van der Waals surface area contributed by atoms with Crippen LogP contribution in [-0.4, -0.2) is 34.0 Å². The van der Waals surface area contributed by atoms with E-state index < -0.39 is 6.04 Å². The van der Waals surface area contributed by atoms with Gasteiger partial charge in [0, 0.05) is 22.9 Å². The number of thioether (sulfide) groups is 1. The standard InChI is InChI=1S/C24H31ClN2O2S/c1-17-7-6-8-20(13-17)14-27(18(2)23(29)26-24(3,4)5)22(28)16-30-15-19-9-11-21(25)12-10-19/h6-13,18H,14-16H2,1-5H3,(H,26,29)/t18-/m1/s1. The molecule has 1 atom stereocenters. The summed E-state index contributed by atoms with van der Waals surface area (Å²) in [5.74, 6) is 0.823. The van der Waals surface area contributed by atoms with Crippen LogP contribution < -0.4 is 5.32 Å². The molecule has 2 aromatic rings. The maximum absolute atomic E-state index is 13.1. The predicted octanol–water partition coefficient (Wildman–Crippen LogP) is 5.21. The third-order valence-corrected chi connectivity index (χ3v) is 5.75. The third-order valence-electron chi connectivity index (χ3n) is 4.51. The van der Waals surface area contributed by atoms with Gasteiger partial charge in [-0.2, -0.15) is 0 Å². The van der Waals surface area contributed by atoms with Crippen LogP contribution in [0.25, 0.3) is 0 Å². The molecule has 0 saturated heterocycles. The van der Waals surface area contributed by atoms with Crippen LogP contribution in [0.1, 0.15) is 44.4 Å². The Labute approximate surface area is 189 Å². The lowest BCUT2D eigenvalue weighted by Crippen LogP contribution is -2.52. The Morgan fingerprint density at radius 2 is 1.77 bits per heavy atom. The highest BCUT2D eigenvalue weighted by Gasteiger charge is 2.28. The lowest BCUT2D eigenvalue weighted by molar-refractivity contribution is -0.139. The Hall–Kier alpha value is -1.98. The van der Waals surface area contributed by atoms with Crippen LogP contribution in [-0.2, 0) is 21.9 Å². The minimum absolute atomic E-state index is 0.0490. The van der Waals surface area contributed by atoms with Gasteiger partial charge in [0.1, 0.15) is 6.04 Å². The summed E-state index contributed by atoms with van der Waals surface area (Å²) in [6.45, 7) is 10.0. The molecule has 0 radical (unpaired) electrons. The Morgan fingerprint density at radius 1 is 1.10 bits per heavy atom. The monoisotopic (exact) mass is 446 g/mol. The highest BCUT2D eigenvalue weighted by atomic mass is 35.5. The number of nitrogens with one attached hydrogen (secondary N) is 1. The molecule has 2 aromatic carbocycles. The van der Waals surface area contributed by atoms with Crippen molar-refractivity contribution in [3.05, 3.63) is 70.2 Å². The first-order valence-electron chi connectivity index (χ1n) is 10.0. The second-order valence-electron chi connectivity index (χ2n) is 8.55. The number of benzene rings is 2. The molecule has 4 nitrogen and oxygen atoms in total. The van der Waals surface area contributed by atoms with Crippen molar-refractivity contribution in [2.45, 2.75) is 58.5 Å². The van der Waals surface area contributed by atoms with Crippen LogP contribution in [0, 0.1) is 6.92 Å². The first-order chi connectivity index (χ1) is 14.0. The number of amides is 2. The predicted molar refractivity (Wildman–Crippen MR) is 127 cm³/mol. The lowest BCUT2D eigenvalue weighted by atomic mass is 10.1. The molecule has 0 spiro atoms. The number of halogens is 1. The summed E-state index contributed by atoms with van der Waals surface area (Å²) < 4.78 is 0. The van der Waals surface area contributed by atoms with Crippen molar-refractivity contribution in [2.24, 2.45) is 0 Å². The van der Waals surface area contributed by atoms with Gasteiger partial charge in [-0.15, -0.1) is 11.8 Å². The Balaban J connectivity index is 2.09. The fourth-order valence-electron chi connectivity index (χ4n) is 2.98. The first kappa shape index (κ1) is 24.3. The molecule has 162 valence electrons. The summed E-state index contributed by atoms with van der Waals surface area (Å²) in [4.78, 5) is 27.5. The van der Waals surface area contributed by atoms with E-state index in [4.69, 9.17) is 11.6 Å². The molecular weight excluding hydrogens is 416 g/mol. The minimum atomic E-state index is -0.562. The average Bonchev–Trinajstić information content (AvgIpc) is 2.65. The molecule has 1 N–H and O–H groups in total. The number of rotatable bonds is 8. The fraction of sp³-hybridized carbons (Fsp3) is 0.417. The van der Waals surface area contributed by atoms with Crippen molar-refractivity contribution in [3.63, 3.8) is 0 Å². The summed E-state index contributed by atoms with van der Waals surface area (Å²) in [6, 6.07) is 15.1. The molecule has 0 saturated carbocycles. The molecule has 0 aromatic heterocycles. The molecule has 0 aliphatic carbocycles. The number of aryl methyl sites for hydroxylation is 1. The molecule has 2 rings (SSSR count). The Kier molecular flexibility index (Phi) is 8.80. The summed E-state index contributed by atoms with van der Waals surface area (Å²) in [6.07, 6.45) is 0. The van der Waals surface area contributed by atoms with Crippen molar-refractivity contribution in [1.82, 2.24) is 10.2 Å². The minimum Gasteiger partial charge on any atom is -0.350 e. The Morgan fingerprint density at radius 3 is 2.37 bits per heavy atom. The Bertz CT molecular complexity index is 862. The van der Waals surface area contributed by atoms with Crippen LogP contribution in [0.4, 0.5) is 0 Å². The first-order valence-corrected chi connectivity index (χ1v) is 11.6. The normalized spacial score (nSPS) is 12.3. The smallest absolute Gasteiger partial charge is 0.242 e. The van der Waals surface area contributed by atoms with Gasteiger partial charge in [0.25, 0.3) is 0 Å². The zero-order valence-corrected chi connectivity index (χ0v) is 19.9. The van der Waals surface area contributed by atoms with Crippen molar-refractivity contribution in [3.8, 4) is 0 Å². The summed E-state index contributed by atoms with van der Waals surface area (Å²) in [7, 11) is 0. The molecule has 0 unspecified atom stereocenters. The number of carbonyl (C=O) groups is 2. The van der Waals surface area contributed by atoms with Gasteiger partial charge in [-0.1, -0.05) is 53.6 Å². The summed E-state index contributed by atoms with van der Waals surface area (Å²) >= 11 is 7.47. The van der Waals surface area contributed by atoms with Crippen molar-refractivity contribution < 1.29 is 9.59 Å². The van der Waals surface area contributed by atoms with Crippen molar-refractivity contribution >= 4 is 35.2 Å². The zero-order chi connectivity index (χ0) is 22.3. The lowest BCUT2D eigenvalue weighted by Gasteiger charge is -2.31. The van der Waals surface area contributed by atoms with E-state index in [-0.39, 0.29) is 17.4 Å². The molecule has 0 heterocycles. The third kappa shape index (κ3) is 8.04. The van der Waals surface area contributed by atoms with Crippen LogP contribution in [0.15, 0.2) is 48.5 Å². The van der Waals surface area contributed by atoms with Gasteiger partial charge in [0.15, 0.2) is 0 Å². The second kappa shape index (κ2) is 10.9. The quantitative estimate of drug-likeness (QED) is 0.605. The number of nitrogens with zero attached hydrogens (tertiary/aromatic N) is 1. The van der Waals surface area contributed by atoms with Gasteiger partial charge >= 0.3 is 0 Å². The highest BCUT2D eigenvalue weighted by Crippen LogP contribution is 2.18. The fourth-order valence-corrected chi connectivity index (χ4v) is 3.98. The largest absolute Gasteiger partial charge is 0.350 e. The van der Waals surface area contributed by atoms with Crippen LogP contribution >= 0.6 is 23.4 Å². The molecule has 6 heteroatoms. The molecule has 30 heavy (non-hydrogen) atoms. The number of hydrogen-bond donors (Lipinski definition) is 1. The van der Waals surface area contributed by atoms with Gasteiger partial charge in [0.05, 0.1) is 5.75 Å². The number of carbonyl (C=O) groups excluding carboxylic acids is 2. The van der Waals surface area contributed by atoms with Crippen molar-refractivity contribution in [2.75, 3.05) is 5.75 Å². The van der Waals surface area contributed by atoms with E-state index in [1.807, 2.05) is 70.2 Å². The van der Waals surface area contributed by atoms with Crippen LogP contribution in [0.5, 0.6) is 0 Å². The van der Waals surface area contributed by atoms with E-state index >= 15 is 0 Å². The molecule has 2 amide bonds. The van der Waals surface area contributed by atoms with E-state index in [9.17, 15) is 9.59 Å².